The predicted octanol–water partition coefficient (Wildman–Crippen LogP) is 0.762. The van der Waals surface area contributed by atoms with E-state index in [1.807, 2.05) is 4.90 Å². The normalized spacial score (nSPS) is 24.8. The van der Waals surface area contributed by atoms with E-state index in [0.717, 1.165) is 12.0 Å². The highest BCUT2D eigenvalue weighted by Crippen LogP contribution is 2.31. The van der Waals surface area contributed by atoms with Crippen LogP contribution in [0.1, 0.15) is 44.1 Å². The van der Waals surface area contributed by atoms with Crippen molar-refractivity contribution >= 4 is 0 Å². The molecule has 2 rings (SSSR count). The third-order valence-electron chi connectivity index (χ3n) is 4.98. The van der Waals surface area contributed by atoms with Gasteiger partial charge in [0.1, 0.15) is 13.1 Å². The predicted molar refractivity (Wildman–Crippen MR) is 85.5 cm³/mol. The SMILES string of the molecule is CC[NH+](CC[NH+](C)C)C1CCC(c2ccccc2)CC1. The fraction of sp³-hybridized carbons (Fsp3) is 0.667. The molecule has 1 saturated carbocycles. The summed E-state index contributed by atoms with van der Waals surface area (Å²) in [7, 11) is 4.53. The zero-order valence-corrected chi connectivity index (χ0v) is 13.5. The van der Waals surface area contributed by atoms with Crippen LogP contribution in [0.4, 0.5) is 0 Å². The maximum absolute atomic E-state index is 2.35. The van der Waals surface area contributed by atoms with Gasteiger partial charge in [-0.1, -0.05) is 30.3 Å². The Morgan fingerprint density at radius 1 is 0.950 bits per heavy atom. The molecule has 20 heavy (non-hydrogen) atoms. The van der Waals surface area contributed by atoms with Crippen LogP contribution in [0.5, 0.6) is 0 Å². The Hall–Kier alpha value is -0.860. The van der Waals surface area contributed by atoms with E-state index in [1.54, 1.807) is 10.5 Å². The Labute approximate surface area is 124 Å². The first-order valence-corrected chi connectivity index (χ1v) is 8.39. The Kier molecular flexibility index (Phi) is 6.06. The van der Waals surface area contributed by atoms with E-state index in [9.17, 15) is 0 Å². The monoisotopic (exact) mass is 276 g/mol. The fourth-order valence-electron chi connectivity index (χ4n) is 3.64. The standard InChI is InChI=1S/C18H30N2/c1-4-20(15-14-19(2)3)18-12-10-17(11-13-18)16-8-6-5-7-9-16/h5-9,17-18H,4,10-15H2,1-3H3/p+2. The minimum Gasteiger partial charge on any atom is -0.335 e. The van der Waals surface area contributed by atoms with Crippen LogP contribution in [-0.2, 0) is 0 Å². The second-order valence-electron chi connectivity index (χ2n) is 6.68. The van der Waals surface area contributed by atoms with Crippen LogP contribution < -0.4 is 9.80 Å². The molecule has 1 aliphatic rings. The van der Waals surface area contributed by atoms with Crippen molar-refractivity contribution in [3.63, 3.8) is 0 Å². The minimum atomic E-state index is 0.810. The Balaban J connectivity index is 1.83. The van der Waals surface area contributed by atoms with E-state index in [1.165, 1.54) is 45.3 Å². The van der Waals surface area contributed by atoms with Gasteiger partial charge in [-0.05, 0) is 44.1 Å². The lowest BCUT2D eigenvalue weighted by atomic mass is 9.81. The van der Waals surface area contributed by atoms with Gasteiger partial charge in [0.05, 0.1) is 26.7 Å². The average molecular weight is 276 g/mol. The molecule has 1 unspecified atom stereocenters. The van der Waals surface area contributed by atoms with Gasteiger partial charge in [0.25, 0.3) is 0 Å². The van der Waals surface area contributed by atoms with Crippen molar-refractivity contribution in [3.05, 3.63) is 35.9 Å². The number of quaternary nitrogens is 2. The molecule has 2 heteroatoms. The number of rotatable bonds is 6. The molecule has 0 amide bonds. The first-order valence-electron chi connectivity index (χ1n) is 8.39. The van der Waals surface area contributed by atoms with E-state index < -0.39 is 0 Å². The zero-order chi connectivity index (χ0) is 14.4. The summed E-state index contributed by atoms with van der Waals surface area (Å²) in [5.74, 6) is 0.810. The van der Waals surface area contributed by atoms with Crippen LogP contribution in [0.25, 0.3) is 0 Å². The highest BCUT2D eigenvalue weighted by molar-refractivity contribution is 5.19. The molecule has 1 aliphatic carbocycles. The molecule has 112 valence electrons. The Bertz CT molecular complexity index is 366. The summed E-state index contributed by atoms with van der Waals surface area (Å²) in [6, 6.07) is 12.0. The topological polar surface area (TPSA) is 8.88 Å². The van der Waals surface area contributed by atoms with Gasteiger partial charge in [-0.15, -0.1) is 0 Å². The summed E-state index contributed by atoms with van der Waals surface area (Å²) in [6.45, 7) is 6.26. The summed E-state index contributed by atoms with van der Waals surface area (Å²) in [4.78, 5) is 3.41. The number of benzene rings is 1. The summed E-state index contributed by atoms with van der Waals surface area (Å²) < 4.78 is 0. The number of likely N-dealkylation sites (N-methyl/N-ethyl adjacent to an activating group) is 2. The molecule has 2 nitrogen and oxygen atoms in total. The maximum Gasteiger partial charge on any atom is 0.127 e. The van der Waals surface area contributed by atoms with Crippen LogP contribution in [-0.4, -0.2) is 39.8 Å². The molecule has 1 aromatic rings. The summed E-state index contributed by atoms with van der Waals surface area (Å²) in [6.07, 6.45) is 5.58. The molecule has 1 fully saturated rings. The minimum absolute atomic E-state index is 0.810. The third-order valence-corrected chi connectivity index (χ3v) is 4.98. The highest BCUT2D eigenvalue weighted by atomic mass is 15.2. The molecule has 0 aliphatic heterocycles. The lowest BCUT2D eigenvalue weighted by molar-refractivity contribution is -0.958. The van der Waals surface area contributed by atoms with Crippen molar-refractivity contribution < 1.29 is 9.80 Å². The van der Waals surface area contributed by atoms with E-state index in [0.29, 0.717) is 0 Å². The molecule has 0 spiro atoms. The molecule has 0 aromatic heterocycles. The molecular formula is C18H32N2+2. The lowest BCUT2D eigenvalue weighted by Crippen LogP contribution is -3.20. The van der Waals surface area contributed by atoms with Crippen molar-refractivity contribution in [2.75, 3.05) is 33.7 Å². The second kappa shape index (κ2) is 7.80. The van der Waals surface area contributed by atoms with Gasteiger partial charge < -0.3 is 9.80 Å². The highest BCUT2D eigenvalue weighted by Gasteiger charge is 2.28. The Morgan fingerprint density at radius 2 is 1.60 bits per heavy atom. The molecule has 0 saturated heterocycles. The van der Waals surface area contributed by atoms with Crippen molar-refractivity contribution in [2.45, 2.75) is 44.6 Å². The van der Waals surface area contributed by atoms with E-state index in [-0.39, 0.29) is 0 Å². The number of hydrogen-bond acceptors (Lipinski definition) is 0. The van der Waals surface area contributed by atoms with Crippen molar-refractivity contribution in [1.29, 1.82) is 0 Å². The van der Waals surface area contributed by atoms with Crippen LogP contribution in [0.15, 0.2) is 30.3 Å². The smallest absolute Gasteiger partial charge is 0.127 e. The number of hydrogen-bond donors (Lipinski definition) is 2. The van der Waals surface area contributed by atoms with Gasteiger partial charge in [-0.2, -0.15) is 0 Å². The van der Waals surface area contributed by atoms with Crippen molar-refractivity contribution in [3.8, 4) is 0 Å². The van der Waals surface area contributed by atoms with Gasteiger partial charge >= 0.3 is 0 Å². The van der Waals surface area contributed by atoms with Gasteiger partial charge in [0.2, 0.25) is 0 Å². The quantitative estimate of drug-likeness (QED) is 0.759. The van der Waals surface area contributed by atoms with Crippen LogP contribution in [0.3, 0.4) is 0 Å². The summed E-state index contributed by atoms with van der Waals surface area (Å²) in [5, 5.41) is 0. The van der Waals surface area contributed by atoms with Gasteiger partial charge in [-0.25, -0.2) is 0 Å². The van der Waals surface area contributed by atoms with Crippen LogP contribution in [0, 0.1) is 0 Å². The van der Waals surface area contributed by atoms with E-state index in [4.69, 9.17) is 0 Å². The first-order chi connectivity index (χ1) is 9.70. The molecule has 0 radical (unpaired) electrons. The van der Waals surface area contributed by atoms with Crippen LogP contribution >= 0.6 is 0 Å². The molecule has 1 aromatic carbocycles. The van der Waals surface area contributed by atoms with Crippen LogP contribution in [0.2, 0.25) is 0 Å². The second-order valence-corrected chi connectivity index (χ2v) is 6.68. The van der Waals surface area contributed by atoms with Crippen molar-refractivity contribution in [2.24, 2.45) is 0 Å². The molecule has 2 N–H and O–H groups in total. The van der Waals surface area contributed by atoms with Gasteiger partial charge in [0, 0.05) is 0 Å². The fourth-order valence-corrected chi connectivity index (χ4v) is 3.64. The summed E-state index contributed by atoms with van der Waals surface area (Å²) >= 11 is 0. The first kappa shape index (κ1) is 15.5. The number of nitrogens with one attached hydrogen (secondary N) is 2. The lowest BCUT2D eigenvalue weighted by Gasteiger charge is -2.34. The summed E-state index contributed by atoms with van der Waals surface area (Å²) in [5.41, 5.74) is 1.56. The van der Waals surface area contributed by atoms with E-state index >= 15 is 0 Å². The molecular weight excluding hydrogens is 244 g/mol. The Morgan fingerprint density at radius 3 is 2.15 bits per heavy atom. The van der Waals surface area contributed by atoms with E-state index in [2.05, 4.69) is 51.4 Å². The molecule has 0 heterocycles. The molecule has 1 atom stereocenters. The zero-order valence-electron chi connectivity index (χ0n) is 13.5. The average Bonchev–Trinajstić information content (AvgIpc) is 2.49. The third kappa shape index (κ3) is 4.32. The van der Waals surface area contributed by atoms with Gasteiger partial charge in [0.15, 0.2) is 0 Å². The largest absolute Gasteiger partial charge is 0.335 e. The molecule has 0 bridgehead atoms. The van der Waals surface area contributed by atoms with Crippen molar-refractivity contribution in [1.82, 2.24) is 0 Å². The van der Waals surface area contributed by atoms with Gasteiger partial charge in [-0.3, -0.25) is 0 Å². The maximum atomic E-state index is 2.35.